The van der Waals surface area contributed by atoms with E-state index in [1.54, 1.807) is 0 Å². The van der Waals surface area contributed by atoms with Gasteiger partial charge in [0.1, 0.15) is 5.65 Å². The smallest absolute Gasteiger partial charge is 0.137 e. The number of nitrogens with one attached hydrogen (secondary N) is 1. The Labute approximate surface area is 116 Å². The van der Waals surface area contributed by atoms with E-state index in [1.165, 1.54) is 4.88 Å². The molecule has 0 aromatic carbocycles. The lowest BCUT2D eigenvalue weighted by Crippen LogP contribution is -2.19. The van der Waals surface area contributed by atoms with Gasteiger partial charge in [-0.2, -0.15) is 0 Å². The summed E-state index contributed by atoms with van der Waals surface area (Å²) in [5.74, 6) is 0. The van der Waals surface area contributed by atoms with E-state index in [-0.39, 0.29) is 0 Å². The molecule has 0 saturated carbocycles. The SMILES string of the molecule is CCC(NCc1cn2ccccc2n1)c1cccs1. The van der Waals surface area contributed by atoms with Gasteiger partial charge in [0.15, 0.2) is 0 Å². The highest BCUT2D eigenvalue weighted by Crippen LogP contribution is 2.22. The maximum atomic E-state index is 4.60. The van der Waals surface area contributed by atoms with Crippen LogP contribution in [0.3, 0.4) is 0 Å². The Balaban J connectivity index is 1.71. The third kappa shape index (κ3) is 2.69. The van der Waals surface area contributed by atoms with Crippen LogP contribution in [0.15, 0.2) is 48.1 Å². The first-order valence-electron chi connectivity index (χ1n) is 6.56. The molecule has 0 saturated heterocycles. The molecule has 0 spiro atoms. The summed E-state index contributed by atoms with van der Waals surface area (Å²) in [5.41, 5.74) is 2.09. The van der Waals surface area contributed by atoms with Gasteiger partial charge in [-0.25, -0.2) is 4.98 Å². The fraction of sp³-hybridized carbons (Fsp3) is 0.267. The lowest BCUT2D eigenvalue weighted by atomic mass is 10.2. The number of pyridine rings is 1. The van der Waals surface area contributed by atoms with Crippen LogP contribution in [-0.4, -0.2) is 9.38 Å². The van der Waals surface area contributed by atoms with E-state index in [4.69, 9.17) is 0 Å². The van der Waals surface area contributed by atoms with Gasteiger partial charge in [-0.05, 0) is 30.0 Å². The minimum Gasteiger partial charge on any atom is -0.307 e. The third-order valence-electron chi connectivity index (χ3n) is 3.24. The maximum absolute atomic E-state index is 4.60. The summed E-state index contributed by atoms with van der Waals surface area (Å²) in [6.45, 7) is 3.01. The maximum Gasteiger partial charge on any atom is 0.137 e. The minimum absolute atomic E-state index is 0.421. The first-order chi connectivity index (χ1) is 9.36. The van der Waals surface area contributed by atoms with Crippen LogP contribution in [0.1, 0.15) is 30.0 Å². The van der Waals surface area contributed by atoms with E-state index < -0.39 is 0 Å². The Kier molecular flexibility index (Phi) is 3.62. The Morgan fingerprint density at radius 1 is 1.32 bits per heavy atom. The lowest BCUT2D eigenvalue weighted by molar-refractivity contribution is 0.522. The van der Waals surface area contributed by atoms with Crippen LogP contribution in [0.2, 0.25) is 0 Å². The fourth-order valence-electron chi connectivity index (χ4n) is 2.24. The molecule has 1 N–H and O–H groups in total. The van der Waals surface area contributed by atoms with E-state index in [0.29, 0.717) is 6.04 Å². The molecule has 3 aromatic rings. The van der Waals surface area contributed by atoms with Crippen molar-refractivity contribution in [1.29, 1.82) is 0 Å². The highest BCUT2D eigenvalue weighted by atomic mass is 32.1. The molecular formula is C15H17N3S. The van der Waals surface area contributed by atoms with E-state index in [1.807, 2.05) is 35.7 Å². The molecule has 3 heterocycles. The number of fused-ring (bicyclic) bond motifs is 1. The van der Waals surface area contributed by atoms with Crippen molar-refractivity contribution in [3.63, 3.8) is 0 Å². The molecule has 0 aliphatic carbocycles. The summed E-state index contributed by atoms with van der Waals surface area (Å²) < 4.78 is 2.06. The summed E-state index contributed by atoms with van der Waals surface area (Å²) in [4.78, 5) is 6.00. The van der Waals surface area contributed by atoms with Crippen molar-refractivity contribution in [3.8, 4) is 0 Å². The number of aromatic nitrogens is 2. The number of hydrogen-bond acceptors (Lipinski definition) is 3. The molecule has 1 unspecified atom stereocenters. The molecule has 0 aliphatic heterocycles. The van der Waals surface area contributed by atoms with E-state index >= 15 is 0 Å². The quantitative estimate of drug-likeness (QED) is 0.767. The van der Waals surface area contributed by atoms with Crippen molar-refractivity contribution < 1.29 is 0 Å². The standard InChI is InChI=1S/C15H17N3S/c1-2-13(14-6-5-9-19-14)16-10-12-11-18-8-4-3-7-15(18)17-12/h3-9,11,13,16H,2,10H2,1H3. The van der Waals surface area contributed by atoms with E-state index in [9.17, 15) is 0 Å². The molecule has 19 heavy (non-hydrogen) atoms. The molecule has 4 heteroatoms. The second-order valence-electron chi connectivity index (χ2n) is 4.56. The second-order valence-corrected chi connectivity index (χ2v) is 5.53. The number of hydrogen-bond donors (Lipinski definition) is 1. The molecule has 3 aromatic heterocycles. The van der Waals surface area contributed by atoms with Crippen LogP contribution < -0.4 is 5.32 Å². The Bertz CT molecular complexity index is 609. The van der Waals surface area contributed by atoms with Gasteiger partial charge in [0.25, 0.3) is 0 Å². The minimum atomic E-state index is 0.421. The Hall–Kier alpha value is -1.65. The topological polar surface area (TPSA) is 29.3 Å². The highest BCUT2D eigenvalue weighted by molar-refractivity contribution is 7.10. The summed E-state index contributed by atoms with van der Waals surface area (Å²) in [6, 6.07) is 10.8. The van der Waals surface area contributed by atoms with Crippen molar-refractivity contribution in [1.82, 2.24) is 14.7 Å². The van der Waals surface area contributed by atoms with Crippen molar-refractivity contribution in [3.05, 3.63) is 58.7 Å². The van der Waals surface area contributed by atoms with Crippen LogP contribution in [-0.2, 0) is 6.54 Å². The average molecular weight is 271 g/mol. The predicted octanol–water partition coefficient (Wildman–Crippen LogP) is 3.64. The normalized spacial score (nSPS) is 12.9. The first-order valence-corrected chi connectivity index (χ1v) is 7.44. The summed E-state index contributed by atoms with van der Waals surface area (Å²) in [6.07, 6.45) is 5.21. The average Bonchev–Trinajstić information content (AvgIpc) is 3.08. The van der Waals surface area contributed by atoms with Gasteiger partial charge in [-0.3, -0.25) is 0 Å². The largest absolute Gasteiger partial charge is 0.307 e. The zero-order chi connectivity index (χ0) is 13.1. The zero-order valence-corrected chi connectivity index (χ0v) is 11.7. The van der Waals surface area contributed by atoms with Crippen molar-refractivity contribution in [2.24, 2.45) is 0 Å². The number of nitrogens with zero attached hydrogens (tertiary/aromatic N) is 2. The Morgan fingerprint density at radius 2 is 2.26 bits per heavy atom. The van der Waals surface area contributed by atoms with E-state index in [2.05, 4.69) is 45.3 Å². The second kappa shape index (κ2) is 5.55. The molecule has 98 valence electrons. The van der Waals surface area contributed by atoms with Crippen molar-refractivity contribution >= 4 is 17.0 Å². The zero-order valence-electron chi connectivity index (χ0n) is 10.9. The van der Waals surface area contributed by atoms with Gasteiger partial charge in [0.2, 0.25) is 0 Å². The van der Waals surface area contributed by atoms with Crippen LogP contribution in [0.5, 0.6) is 0 Å². The molecule has 1 atom stereocenters. The molecule has 0 aliphatic rings. The highest BCUT2D eigenvalue weighted by Gasteiger charge is 2.10. The van der Waals surface area contributed by atoms with Crippen LogP contribution >= 0.6 is 11.3 Å². The van der Waals surface area contributed by atoms with Gasteiger partial charge in [-0.1, -0.05) is 19.1 Å². The van der Waals surface area contributed by atoms with Crippen LogP contribution in [0.25, 0.3) is 5.65 Å². The molecule has 3 nitrogen and oxygen atoms in total. The molecule has 3 rings (SSSR count). The third-order valence-corrected chi connectivity index (χ3v) is 4.22. The Morgan fingerprint density at radius 3 is 3.00 bits per heavy atom. The number of rotatable bonds is 5. The molecule has 0 radical (unpaired) electrons. The molecule has 0 bridgehead atoms. The fourth-order valence-corrected chi connectivity index (χ4v) is 3.12. The molecule has 0 amide bonds. The number of thiophene rings is 1. The van der Waals surface area contributed by atoms with Crippen LogP contribution in [0.4, 0.5) is 0 Å². The summed E-state index contributed by atoms with van der Waals surface area (Å²) in [7, 11) is 0. The van der Waals surface area contributed by atoms with E-state index in [0.717, 1.165) is 24.3 Å². The molecular weight excluding hydrogens is 254 g/mol. The monoisotopic (exact) mass is 271 g/mol. The van der Waals surface area contributed by atoms with Crippen molar-refractivity contribution in [2.75, 3.05) is 0 Å². The number of imidazole rings is 1. The van der Waals surface area contributed by atoms with Crippen molar-refractivity contribution in [2.45, 2.75) is 25.9 Å². The lowest BCUT2D eigenvalue weighted by Gasteiger charge is -2.14. The summed E-state index contributed by atoms with van der Waals surface area (Å²) in [5, 5.41) is 5.71. The van der Waals surface area contributed by atoms with Gasteiger partial charge >= 0.3 is 0 Å². The molecule has 0 fully saturated rings. The van der Waals surface area contributed by atoms with Gasteiger partial charge in [-0.15, -0.1) is 11.3 Å². The predicted molar refractivity (Wildman–Crippen MR) is 79.4 cm³/mol. The van der Waals surface area contributed by atoms with Gasteiger partial charge in [0.05, 0.1) is 5.69 Å². The van der Waals surface area contributed by atoms with Gasteiger partial charge in [0, 0.05) is 29.9 Å². The van der Waals surface area contributed by atoms with Gasteiger partial charge < -0.3 is 9.72 Å². The summed E-state index contributed by atoms with van der Waals surface area (Å²) >= 11 is 1.81. The van der Waals surface area contributed by atoms with Crippen LogP contribution in [0, 0.1) is 0 Å². The first kappa shape index (κ1) is 12.4.